The highest BCUT2D eigenvalue weighted by Gasteiger charge is 2.15. The van der Waals surface area contributed by atoms with Crippen molar-refractivity contribution in [3.8, 4) is 11.1 Å². The van der Waals surface area contributed by atoms with Gasteiger partial charge in [0.15, 0.2) is 17.5 Å². The lowest BCUT2D eigenvalue weighted by molar-refractivity contribution is 0.447. The van der Waals surface area contributed by atoms with E-state index in [1.54, 1.807) is 12.1 Å². The second-order valence-electron chi connectivity index (χ2n) is 5.84. The fraction of sp³-hybridized carbons (Fsp3) is 0.200. The van der Waals surface area contributed by atoms with E-state index in [1.165, 1.54) is 6.07 Å². The molecular formula is C20H16F4. The van der Waals surface area contributed by atoms with Crippen molar-refractivity contribution >= 4 is 10.8 Å². The number of hydrogen-bond acceptors (Lipinski definition) is 0. The van der Waals surface area contributed by atoms with Crippen molar-refractivity contribution in [3.63, 3.8) is 0 Å². The first kappa shape index (κ1) is 16.5. The van der Waals surface area contributed by atoms with Gasteiger partial charge in [-0.2, -0.15) is 0 Å². The maximum Gasteiger partial charge on any atom is 0.194 e. The Morgan fingerprint density at radius 1 is 0.792 bits per heavy atom. The normalized spacial score (nSPS) is 11.2. The van der Waals surface area contributed by atoms with Crippen LogP contribution in [0.1, 0.15) is 25.3 Å². The van der Waals surface area contributed by atoms with Crippen LogP contribution < -0.4 is 0 Å². The second kappa shape index (κ2) is 6.63. The lowest BCUT2D eigenvalue weighted by Crippen LogP contribution is -1.94. The predicted octanol–water partition coefficient (Wildman–Crippen LogP) is 6.41. The first-order valence-electron chi connectivity index (χ1n) is 7.87. The minimum absolute atomic E-state index is 0.0270. The van der Waals surface area contributed by atoms with E-state index < -0.39 is 23.3 Å². The van der Waals surface area contributed by atoms with Crippen LogP contribution in [0.2, 0.25) is 0 Å². The van der Waals surface area contributed by atoms with E-state index in [0.717, 1.165) is 42.3 Å². The van der Waals surface area contributed by atoms with Gasteiger partial charge in [0.2, 0.25) is 0 Å². The molecule has 0 amide bonds. The monoisotopic (exact) mass is 332 g/mol. The molecule has 0 saturated carbocycles. The highest BCUT2D eigenvalue weighted by molar-refractivity contribution is 5.88. The maximum absolute atomic E-state index is 14.8. The summed E-state index contributed by atoms with van der Waals surface area (Å²) in [6.07, 6.45) is 3.05. The average molecular weight is 332 g/mol. The van der Waals surface area contributed by atoms with Crippen LogP contribution >= 0.6 is 0 Å². The molecule has 0 aliphatic rings. The Kier molecular flexibility index (Phi) is 4.56. The molecule has 4 heteroatoms. The Labute approximate surface area is 137 Å². The van der Waals surface area contributed by atoms with Gasteiger partial charge in [-0.1, -0.05) is 43.7 Å². The maximum atomic E-state index is 14.8. The molecule has 0 radical (unpaired) electrons. The molecule has 0 saturated heterocycles. The van der Waals surface area contributed by atoms with Gasteiger partial charge >= 0.3 is 0 Å². The molecule has 24 heavy (non-hydrogen) atoms. The molecule has 0 bridgehead atoms. The van der Waals surface area contributed by atoms with E-state index in [-0.39, 0.29) is 11.1 Å². The van der Waals surface area contributed by atoms with Gasteiger partial charge in [-0.15, -0.1) is 0 Å². The number of benzene rings is 3. The lowest BCUT2D eigenvalue weighted by atomic mass is 9.97. The zero-order chi connectivity index (χ0) is 17.3. The van der Waals surface area contributed by atoms with Crippen molar-refractivity contribution < 1.29 is 17.6 Å². The summed E-state index contributed by atoms with van der Waals surface area (Å²) in [7, 11) is 0. The van der Waals surface area contributed by atoms with Crippen LogP contribution in [0.25, 0.3) is 21.9 Å². The van der Waals surface area contributed by atoms with Gasteiger partial charge in [0.1, 0.15) is 5.82 Å². The van der Waals surface area contributed by atoms with Crippen molar-refractivity contribution in [2.45, 2.75) is 26.2 Å². The number of hydrogen-bond donors (Lipinski definition) is 0. The van der Waals surface area contributed by atoms with Gasteiger partial charge in [0.25, 0.3) is 0 Å². The second-order valence-corrected chi connectivity index (χ2v) is 5.84. The quantitative estimate of drug-likeness (QED) is 0.383. The van der Waals surface area contributed by atoms with Crippen LogP contribution in [0.15, 0.2) is 42.5 Å². The number of rotatable bonds is 4. The summed E-state index contributed by atoms with van der Waals surface area (Å²) in [4.78, 5) is 0. The van der Waals surface area contributed by atoms with Gasteiger partial charge in [0.05, 0.1) is 0 Å². The molecule has 0 aliphatic heterocycles. The molecule has 3 aromatic rings. The highest BCUT2D eigenvalue weighted by atomic mass is 19.2. The van der Waals surface area contributed by atoms with Crippen LogP contribution in [0.4, 0.5) is 17.6 Å². The summed E-state index contributed by atoms with van der Waals surface area (Å²) < 4.78 is 54.7. The Morgan fingerprint density at radius 2 is 1.50 bits per heavy atom. The van der Waals surface area contributed by atoms with Gasteiger partial charge in [-0.05, 0) is 41.5 Å². The zero-order valence-electron chi connectivity index (χ0n) is 13.2. The molecule has 0 spiro atoms. The third kappa shape index (κ3) is 3.01. The largest absolute Gasteiger partial charge is 0.206 e. The summed E-state index contributed by atoms with van der Waals surface area (Å²) in [6.45, 7) is 2.11. The fourth-order valence-corrected chi connectivity index (χ4v) is 2.81. The van der Waals surface area contributed by atoms with Gasteiger partial charge in [-0.25, -0.2) is 17.6 Å². The number of fused-ring (bicyclic) bond motifs is 1. The summed E-state index contributed by atoms with van der Waals surface area (Å²) in [5, 5.41) is 1.10. The van der Waals surface area contributed by atoms with Crippen molar-refractivity contribution in [1.82, 2.24) is 0 Å². The molecule has 0 aromatic heterocycles. The third-order valence-corrected chi connectivity index (χ3v) is 4.13. The van der Waals surface area contributed by atoms with Crippen LogP contribution in [-0.2, 0) is 6.42 Å². The molecular weight excluding hydrogens is 316 g/mol. The first-order chi connectivity index (χ1) is 11.5. The van der Waals surface area contributed by atoms with Crippen LogP contribution in [-0.4, -0.2) is 0 Å². The predicted molar refractivity (Wildman–Crippen MR) is 87.8 cm³/mol. The Balaban J connectivity index is 2.09. The summed E-state index contributed by atoms with van der Waals surface area (Å²) in [6, 6.07) is 10.2. The van der Waals surface area contributed by atoms with Crippen molar-refractivity contribution in [3.05, 3.63) is 71.3 Å². The lowest BCUT2D eigenvalue weighted by Gasteiger charge is -2.09. The summed E-state index contributed by atoms with van der Waals surface area (Å²) in [5.74, 6) is -4.79. The molecule has 3 aromatic carbocycles. The highest BCUT2D eigenvalue weighted by Crippen LogP contribution is 2.31. The number of unbranched alkanes of at least 4 members (excludes halogenated alkanes) is 1. The van der Waals surface area contributed by atoms with E-state index in [2.05, 4.69) is 6.92 Å². The Hall–Kier alpha value is -2.36. The molecule has 0 aliphatic carbocycles. The standard InChI is InChI=1S/C20H16F4/c1-2-3-4-12-5-7-15-13(9-12)6-8-16(19(15)23)14-10-17(21)20(24)18(22)11-14/h5-11H,2-4H2,1H3. The van der Waals surface area contributed by atoms with E-state index in [9.17, 15) is 17.6 Å². The number of halogens is 4. The minimum atomic E-state index is -1.56. The van der Waals surface area contributed by atoms with Crippen LogP contribution in [0.3, 0.4) is 0 Å². The first-order valence-corrected chi connectivity index (χ1v) is 7.87. The molecule has 0 unspecified atom stereocenters. The van der Waals surface area contributed by atoms with Crippen LogP contribution in [0.5, 0.6) is 0 Å². The Bertz CT molecular complexity index is 877. The van der Waals surface area contributed by atoms with Crippen molar-refractivity contribution in [2.75, 3.05) is 0 Å². The van der Waals surface area contributed by atoms with E-state index >= 15 is 0 Å². The van der Waals surface area contributed by atoms with Gasteiger partial charge in [0, 0.05) is 10.9 Å². The molecule has 0 heterocycles. The molecule has 0 atom stereocenters. The molecule has 3 rings (SSSR count). The molecule has 124 valence electrons. The van der Waals surface area contributed by atoms with E-state index in [0.29, 0.717) is 5.39 Å². The number of aryl methyl sites for hydroxylation is 1. The zero-order valence-corrected chi connectivity index (χ0v) is 13.2. The minimum Gasteiger partial charge on any atom is -0.206 e. The van der Waals surface area contributed by atoms with Crippen molar-refractivity contribution in [1.29, 1.82) is 0 Å². The van der Waals surface area contributed by atoms with Crippen molar-refractivity contribution in [2.24, 2.45) is 0 Å². The summed E-state index contributed by atoms with van der Waals surface area (Å²) >= 11 is 0. The van der Waals surface area contributed by atoms with E-state index in [4.69, 9.17) is 0 Å². The van der Waals surface area contributed by atoms with Crippen LogP contribution in [0, 0.1) is 23.3 Å². The average Bonchev–Trinajstić information content (AvgIpc) is 2.57. The Morgan fingerprint density at radius 3 is 2.17 bits per heavy atom. The van der Waals surface area contributed by atoms with E-state index in [1.807, 2.05) is 12.1 Å². The smallest absolute Gasteiger partial charge is 0.194 e. The third-order valence-electron chi connectivity index (χ3n) is 4.13. The fourth-order valence-electron chi connectivity index (χ4n) is 2.81. The summed E-state index contributed by atoms with van der Waals surface area (Å²) in [5.41, 5.74) is 1.14. The molecule has 0 nitrogen and oxygen atoms in total. The topological polar surface area (TPSA) is 0 Å². The van der Waals surface area contributed by atoms with Gasteiger partial charge in [-0.3, -0.25) is 0 Å². The molecule has 0 fully saturated rings. The SMILES string of the molecule is CCCCc1ccc2c(F)c(-c3cc(F)c(F)c(F)c3)ccc2c1. The van der Waals surface area contributed by atoms with Gasteiger partial charge < -0.3 is 0 Å². The molecule has 0 N–H and O–H groups in total.